The number of carbonyl (C=O) groups is 2. The van der Waals surface area contributed by atoms with Crippen molar-refractivity contribution in [1.29, 1.82) is 0 Å². The largest absolute Gasteiger partial charge is 0.351 e. The molecule has 6 heteroatoms. The fraction of sp³-hybridized carbons (Fsp3) is 0.414. The quantitative estimate of drug-likeness (QED) is 0.565. The van der Waals surface area contributed by atoms with Gasteiger partial charge in [-0.15, -0.1) is 0 Å². The summed E-state index contributed by atoms with van der Waals surface area (Å²) in [5.74, 6) is 1.85. The minimum absolute atomic E-state index is 0.151. The third-order valence-electron chi connectivity index (χ3n) is 8.27. The van der Waals surface area contributed by atoms with Crippen molar-refractivity contribution in [1.82, 2.24) is 14.4 Å². The minimum atomic E-state index is -0.519. The van der Waals surface area contributed by atoms with E-state index in [-0.39, 0.29) is 11.8 Å². The Morgan fingerprint density at radius 1 is 1.00 bits per heavy atom. The normalized spacial score (nSPS) is 22.9. The molecule has 2 amide bonds. The van der Waals surface area contributed by atoms with Gasteiger partial charge in [-0.05, 0) is 67.3 Å². The molecule has 2 saturated carbocycles. The van der Waals surface area contributed by atoms with Crippen LogP contribution < -0.4 is 0 Å². The first-order valence-corrected chi connectivity index (χ1v) is 12.9. The lowest BCUT2D eigenvalue weighted by atomic mass is 10.0. The van der Waals surface area contributed by atoms with Crippen molar-refractivity contribution in [3.63, 3.8) is 0 Å². The maximum Gasteiger partial charge on any atom is 0.256 e. The molecule has 2 aliphatic heterocycles. The number of likely N-dealkylation sites (tertiary alicyclic amines) is 1. The summed E-state index contributed by atoms with van der Waals surface area (Å²) in [7, 11) is 2.06. The maximum absolute atomic E-state index is 13.3. The van der Waals surface area contributed by atoms with Gasteiger partial charge in [0.1, 0.15) is 11.4 Å². The molecule has 0 bridgehead atoms. The first-order chi connectivity index (χ1) is 17.0. The fourth-order valence-electron chi connectivity index (χ4n) is 5.79. The first-order valence-electron chi connectivity index (χ1n) is 12.9. The van der Waals surface area contributed by atoms with Gasteiger partial charge in [0.25, 0.3) is 5.91 Å². The van der Waals surface area contributed by atoms with Gasteiger partial charge in [-0.25, -0.2) is 0 Å². The van der Waals surface area contributed by atoms with Crippen LogP contribution in [0.15, 0.2) is 59.7 Å². The van der Waals surface area contributed by atoms with E-state index in [2.05, 4.69) is 66.3 Å². The van der Waals surface area contributed by atoms with Crippen LogP contribution in [0.25, 0.3) is 22.0 Å². The molecule has 0 N–H and O–H groups in total. The third-order valence-corrected chi connectivity index (χ3v) is 8.27. The molecule has 3 fully saturated rings. The van der Waals surface area contributed by atoms with E-state index in [4.69, 9.17) is 4.99 Å². The van der Waals surface area contributed by atoms with Crippen LogP contribution in [0.4, 0.5) is 0 Å². The standard InChI is InChI=1S/C29H30N4O2/c1-31-14-11-24-16-23(8-9-25(24)31)20-2-4-21(5-3-20)26-30-29(12-13-29)28(35)33(26)18-19-10-15-32(17-19)27(34)22-6-7-22/h2-5,8-9,11,14,16,19,22H,6-7,10,12-13,15,17-18H2,1H3/t19-/m1/s1. The van der Waals surface area contributed by atoms with Crippen LogP contribution in [-0.2, 0) is 16.6 Å². The maximum atomic E-state index is 13.3. The lowest BCUT2D eigenvalue weighted by Crippen LogP contribution is -2.40. The highest BCUT2D eigenvalue weighted by atomic mass is 16.2. The molecule has 1 saturated heterocycles. The van der Waals surface area contributed by atoms with Gasteiger partial charge in [-0.3, -0.25) is 19.5 Å². The summed E-state index contributed by atoms with van der Waals surface area (Å²) in [6.45, 7) is 2.24. The molecule has 1 atom stereocenters. The highest BCUT2D eigenvalue weighted by Crippen LogP contribution is 2.46. The van der Waals surface area contributed by atoms with Gasteiger partial charge in [0.05, 0.1) is 0 Å². The second kappa shape index (κ2) is 7.54. The molecule has 178 valence electrons. The number of hydrogen-bond donors (Lipinski definition) is 0. The molecule has 7 rings (SSSR count). The summed E-state index contributed by atoms with van der Waals surface area (Å²) < 4.78 is 2.13. The van der Waals surface area contributed by atoms with Gasteiger partial charge in [0.15, 0.2) is 0 Å². The molecule has 3 heterocycles. The number of aromatic nitrogens is 1. The van der Waals surface area contributed by atoms with Crippen molar-refractivity contribution in [2.45, 2.75) is 37.6 Å². The van der Waals surface area contributed by atoms with E-state index in [1.165, 1.54) is 16.5 Å². The average molecular weight is 467 g/mol. The highest BCUT2D eigenvalue weighted by molar-refractivity contribution is 6.16. The molecule has 0 radical (unpaired) electrons. The van der Waals surface area contributed by atoms with Gasteiger partial charge in [0, 0.05) is 55.3 Å². The van der Waals surface area contributed by atoms with Crippen molar-refractivity contribution in [2.24, 2.45) is 23.9 Å². The van der Waals surface area contributed by atoms with Crippen molar-refractivity contribution >= 4 is 28.6 Å². The van der Waals surface area contributed by atoms with Crippen molar-refractivity contribution in [3.8, 4) is 11.1 Å². The van der Waals surface area contributed by atoms with Gasteiger partial charge >= 0.3 is 0 Å². The lowest BCUT2D eigenvalue weighted by Gasteiger charge is -2.23. The fourth-order valence-corrected chi connectivity index (χ4v) is 5.79. The van der Waals surface area contributed by atoms with E-state index in [0.29, 0.717) is 18.4 Å². The predicted octanol–water partition coefficient (Wildman–Crippen LogP) is 4.23. The Morgan fingerprint density at radius 2 is 1.74 bits per heavy atom. The Balaban J connectivity index is 1.12. The molecule has 1 aromatic heterocycles. The van der Waals surface area contributed by atoms with E-state index in [1.54, 1.807) is 0 Å². The van der Waals surface area contributed by atoms with Crippen LogP contribution in [0.1, 0.15) is 37.7 Å². The average Bonchev–Trinajstić information content (AvgIpc) is 3.78. The topological polar surface area (TPSA) is 57.9 Å². The van der Waals surface area contributed by atoms with Crippen LogP contribution >= 0.6 is 0 Å². The second-order valence-corrected chi connectivity index (χ2v) is 10.9. The Labute approximate surface area is 205 Å². The number of amidine groups is 1. The van der Waals surface area contributed by atoms with Crippen LogP contribution in [0.3, 0.4) is 0 Å². The van der Waals surface area contributed by atoms with Crippen LogP contribution in [0.2, 0.25) is 0 Å². The molecular formula is C29H30N4O2. The Morgan fingerprint density at radius 3 is 2.49 bits per heavy atom. The number of aliphatic imine (C=N–C) groups is 1. The Kier molecular flexibility index (Phi) is 4.51. The molecule has 2 aliphatic carbocycles. The van der Waals surface area contributed by atoms with E-state index in [1.807, 2.05) is 9.80 Å². The zero-order chi connectivity index (χ0) is 23.7. The van der Waals surface area contributed by atoms with Gasteiger partial charge in [-0.2, -0.15) is 0 Å². The van der Waals surface area contributed by atoms with Crippen LogP contribution in [0.5, 0.6) is 0 Å². The SMILES string of the molecule is Cn1ccc2cc(-c3ccc(C4=NC5(CC5)C(=O)N4C[C@@H]4CCN(C(=O)C5CC5)C4)cc3)ccc21. The number of hydrogen-bond acceptors (Lipinski definition) is 3. The van der Waals surface area contributed by atoms with E-state index < -0.39 is 5.54 Å². The minimum Gasteiger partial charge on any atom is -0.351 e. The van der Waals surface area contributed by atoms with Gasteiger partial charge in [-0.1, -0.05) is 30.3 Å². The van der Waals surface area contributed by atoms with Crippen molar-refractivity contribution in [2.75, 3.05) is 19.6 Å². The monoisotopic (exact) mass is 466 g/mol. The summed E-state index contributed by atoms with van der Waals surface area (Å²) in [6.07, 6.45) is 6.82. The molecule has 3 aromatic rings. The number of carbonyl (C=O) groups excluding carboxylic acids is 2. The summed E-state index contributed by atoms with van der Waals surface area (Å²) >= 11 is 0. The van der Waals surface area contributed by atoms with Gasteiger partial charge in [0.2, 0.25) is 5.91 Å². The summed E-state index contributed by atoms with van der Waals surface area (Å²) in [5, 5.41) is 1.23. The molecule has 1 spiro atoms. The molecule has 4 aliphatic rings. The third kappa shape index (κ3) is 3.49. The molecule has 2 aromatic carbocycles. The van der Waals surface area contributed by atoms with E-state index in [9.17, 15) is 9.59 Å². The smallest absolute Gasteiger partial charge is 0.256 e. The van der Waals surface area contributed by atoms with Crippen LogP contribution in [-0.4, -0.2) is 57.2 Å². The summed E-state index contributed by atoms with van der Waals surface area (Å²) in [5.41, 5.74) is 4.03. The second-order valence-electron chi connectivity index (χ2n) is 10.9. The number of nitrogens with zero attached hydrogens (tertiary/aromatic N) is 4. The molecular weight excluding hydrogens is 436 g/mol. The number of fused-ring (bicyclic) bond motifs is 1. The predicted molar refractivity (Wildman–Crippen MR) is 136 cm³/mol. The number of rotatable bonds is 5. The van der Waals surface area contributed by atoms with E-state index in [0.717, 1.165) is 62.2 Å². The molecule has 35 heavy (non-hydrogen) atoms. The number of amides is 2. The lowest BCUT2D eigenvalue weighted by molar-refractivity contribution is -0.131. The van der Waals surface area contributed by atoms with E-state index >= 15 is 0 Å². The Bertz CT molecular complexity index is 1380. The van der Waals surface area contributed by atoms with Crippen LogP contribution in [0, 0.1) is 11.8 Å². The zero-order valence-corrected chi connectivity index (χ0v) is 20.1. The summed E-state index contributed by atoms with van der Waals surface area (Å²) in [4.78, 5) is 34.7. The zero-order valence-electron chi connectivity index (χ0n) is 20.1. The first kappa shape index (κ1) is 20.9. The Hall–Kier alpha value is -3.41. The molecule has 6 nitrogen and oxygen atoms in total. The number of aryl methyl sites for hydroxylation is 1. The van der Waals surface area contributed by atoms with Crippen molar-refractivity contribution in [3.05, 3.63) is 60.3 Å². The number of benzene rings is 2. The van der Waals surface area contributed by atoms with Crippen molar-refractivity contribution < 1.29 is 9.59 Å². The molecule has 0 unspecified atom stereocenters. The van der Waals surface area contributed by atoms with Gasteiger partial charge < -0.3 is 9.47 Å². The highest BCUT2D eigenvalue weighted by Gasteiger charge is 2.57. The summed E-state index contributed by atoms with van der Waals surface area (Å²) in [6, 6.07) is 17.2.